The molecule has 1 saturated heterocycles. The van der Waals surface area contributed by atoms with E-state index in [4.69, 9.17) is 0 Å². The maximum Gasteiger partial charge on any atom is 0.417 e. The second-order valence-corrected chi connectivity index (χ2v) is 6.68. The third kappa shape index (κ3) is 3.52. The first kappa shape index (κ1) is 18.3. The number of halogens is 3. The number of piperazine rings is 1. The number of hydrogen-bond donors (Lipinski definition) is 0. The van der Waals surface area contributed by atoms with Crippen LogP contribution in [-0.4, -0.2) is 42.0 Å². The van der Waals surface area contributed by atoms with E-state index in [0.717, 1.165) is 22.8 Å². The van der Waals surface area contributed by atoms with Gasteiger partial charge in [0.25, 0.3) is 5.91 Å². The fraction of sp³-hybridized carbons (Fsp3) is 0.238. The minimum atomic E-state index is -4.55. The van der Waals surface area contributed by atoms with Gasteiger partial charge in [-0.1, -0.05) is 30.3 Å². The monoisotopic (exact) mass is 385 g/mol. The molecule has 4 nitrogen and oxygen atoms in total. The zero-order valence-corrected chi connectivity index (χ0v) is 15.0. The molecule has 0 spiro atoms. The summed E-state index contributed by atoms with van der Waals surface area (Å²) in [5.41, 5.74) is -0.302. The van der Waals surface area contributed by atoms with Gasteiger partial charge in [0.1, 0.15) is 5.82 Å². The minimum Gasteiger partial charge on any atom is -0.353 e. The van der Waals surface area contributed by atoms with E-state index in [1.807, 2.05) is 41.3 Å². The molecule has 0 aliphatic carbocycles. The van der Waals surface area contributed by atoms with E-state index in [1.54, 1.807) is 0 Å². The number of para-hydroxylation sites is 1. The van der Waals surface area contributed by atoms with Crippen molar-refractivity contribution < 1.29 is 18.0 Å². The van der Waals surface area contributed by atoms with Crippen LogP contribution < -0.4 is 4.90 Å². The molecular weight excluding hydrogens is 367 g/mol. The summed E-state index contributed by atoms with van der Waals surface area (Å²) in [6.45, 7) is 1.73. The Labute approximate surface area is 160 Å². The molecule has 1 fully saturated rings. The predicted molar refractivity (Wildman–Crippen MR) is 101 cm³/mol. The molecule has 0 saturated carbocycles. The van der Waals surface area contributed by atoms with Crippen molar-refractivity contribution in [1.29, 1.82) is 0 Å². The lowest BCUT2D eigenvalue weighted by Crippen LogP contribution is -2.49. The van der Waals surface area contributed by atoms with Gasteiger partial charge in [0.2, 0.25) is 0 Å². The lowest BCUT2D eigenvalue weighted by molar-refractivity contribution is -0.138. The minimum absolute atomic E-state index is 0.299. The van der Waals surface area contributed by atoms with E-state index < -0.39 is 17.6 Å². The maximum absolute atomic E-state index is 13.2. The Hall–Kier alpha value is -3.09. The lowest BCUT2D eigenvalue weighted by Gasteiger charge is -2.35. The Morgan fingerprint density at radius 3 is 2.29 bits per heavy atom. The molecular formula is C21H18F3N3O. The van der Waals surface area contributed by atoms with Crippen molar-refractivity contribution in [2.24, 2.45) is 0 Å². The molecule has 0 radical (unpaired) electrons. The van der Waals surface area contributed by atoms with Crippen LogP contribution in [0.3, 0.4) is 0 Å². The van der Waals surface area contributed by atoms with E-state index in [-0.39, 0.29) is 5.56 Å². The molecule has 1 amide bonds. The summed E-state index contributed by atoms with van der Waals surface area (Å²) >= 11 is 0. The van der Waals surface area contributed by atoms with Gasteiger partial charge >= 0.3 is 6.18 Å². The number of aromatic nitrogens is 1. The van der Waals surface area contributed by atoms with Crippen molar-refractivity contribution in [3.63, 3.8) is 0 Å². The Kier molecular flexibility index (Phi) is 4.66. The SMILES string of the molecule is O=C(c1ccccc1C(F)(F)F)N1CCN(c2ccc3ccccc3n2)CC1. The molecule has 0 atom stereocenters. The second-order valence-electron chi connectivity index (χ2n) is 6.68. The van der Waals surface area contributed by atoms with Crippen molar-refractivity contribution >= 4 is 22.6 Å². The number of pyridine rings is 1. The van der Waals surface area contributed by atoms with Gasteiger partial charge in [-0.15, -0.1) is 0 Å². The third-order valence-electron chi connectivity index (χ3n) is 4.94. The van der Waals surface area contributed by atoms with Crippen LogP contribution in [0, 0.1) is 0 Å². The first-order valence-corrected chi connectivity index (χ1v) is 9.00. The average Bonchev–Trinajstić information content (AvgIpc) is 2.72. The number of amides is 1. The van der Waals surface area contributed by atoms with E-state index in [1.165, 1.54) is 23.1 Å². The molecule has 0 unspecified atom stereocenters. The quantitative estimate of drug-likeness (QED) is 0.663. The van der Waals surface area contributed by atoms with Gasteiger partial charge < -0.3 is 9.80 Å². The highest BCUT2D eigenvalue weighted by molar-refractivity contribution is 5.96. The van der Waals surface area contributed by atoms with E-state index >= 15 is 0 Å². The van der Waals surface area contributed by atoms with Gasteiger partial charge in [0.05, 0.1) is 16.6 Å². The summed E-state index contributed by atoms with van der Waals surface area (Å²) in [6.07, 6.45) is -4.55. The van der Waals surface area contributed by atoms with Crippen LogP contribution in [0.15, 0.2) is 60.7 Å². The number of hydrogen-bond acceptors (Lipinski definition) is 3. The molecule has 3 aromatic rings. The summed E-state index contributed by atoms with van der Waals surface area (Å²) in [6, 6.07) is 16.7. The van der Waals surface area contributed by atoms with Crippen molar-refractivity contribution in [3.05, 3.63) is 71.8 Å². The second kappa shape index (κ2) is 7.14. The number of carbonyl (C=O) groups is 1. The molecule has 2 aromatic carbocycles. The average molecular weight is 385 g/mol. The van der Waals surface area contributed by atoms with Gasteiger partial charge in [-0.25, -0.2) is 4.98 Å². The summed E-state index contributed by atoms with van der Waals surface area (Å²) in [4.78, 5) is 20.8. The highest BCUT2D eigenvalue weighted by Gasteiger charge is 2.36. The van der Waals surface area contributed by atoms with Gasteiger partial charge in [0.15, 0.2) is 0 Å². The number of rotatable bonds is 2. The Morgan fingerprint density at radius 1 is 0.857 bits per heavy atom. The molecule has 0 N–H and O–H groups in total. The molecule has 4 rings (SSSR count). The number of carbonyl (C=O) groups excluding carboxylic acids is 1. The zero-order valence-electron chi connectivity index (χ0n) is 15.0. The molecule has 2 heterocycles. The van der Waals surface area contributed by atoms with Crippen LogP contribution >= 0.6 is 0 Å². The van der Waals surface area contributed by atoms with E-state index in [9.17, 15) is 18.0 Å². The van der Waals surface area contributed by atoms with Crippen molar-refractivity contribution in [2.45, 2.75) is 6.18 Å². The standard InChI is InChI=1S/C21H18F3N3O/c22-21(23,24)17-7-3-2-6-16(17)20(28)27-13-11-26(12-14-27)19-10-9-15-5-1-4-8-18(15)25-19/h1-10H,11-14H2. The Bertz CT molecular complexity index is 1010. The maximum atomic E-state index is 13.2. The van der Waals surface area contributed by atoms with E-state index in [2.05, 4.69) is 4.98 Å². The smallest absolute Gasteiger partial charge is 0.353 e. The number of nitrogens with zero attached hydrogens (tertiary/aromatic N) is 3. The van der Waals surface area contributed by atoms with Crippen molar-refractivity contribution in [2.75, 3.05) is 31.1 Å². The summed E-state index contributed by atoms with van der Waals surface area (Å²) in [7, 11) is 0. The molecule has 1 aromatic heterocycles. The topological polar surface area (TPSA) is 36.4 Å². The van der Waals surface area contributed by atoms with Crippen LogP contribution in [0.25, 0.3) is 10.9 Å². The van der Waals surface area contributed by atoms with Crippen LogP contribution in [0.5, 0.6) is 0 Å². The van der Waals surface area contributed by atoms with Crippen LogP contribution in [0.1, 0.15) is 15.9 Å². The fourth-order valence-corrected chi connectivity index (χ4v) is 3.46. The third-order valence-corrected chi connectivity index (χ3v) is 4.94. The molecule has 1 aliphatic rings. The normalized spacial score (nSPS) is 15.1. The number of benzene rings is 2. The molecule has 7 heteroatoms. The largest absolute Gasteiger partial charge is 0.417 e. The van der Waals surface area contributed by atoms with Crippen LogP contribution in [-0.2, 0) is 6.18 Å². The summed E-state index contributed by atoms with van der Waals surface area (Å²) in [5.74, 6) is 0.223. The fourth-order valence-electron chi connectivity index (χ4n) is 3.46. The highest BCUT2D eigenvalue weighted by Crippen LogP contribution is 2.32. The Balaban J connectivity index is 1.49. The van der Waals surface area contributed by atoms with Crippen LogP contribution in [0.2, 0.25) is 0 Å². The molecule has 0 bridgehead atoms. The summed E-state index contributed by atoms with van der Waals surface area (Å²) < 4.78 is 39.6. The number of fused-ring (bicyclic) bond motifs is 1. The number of anilines is 1. The number of alkyl halides is 3. The molecule has 28 heavy (non-hydrogen) atoms. The highest BCUT2D eigenvalue weighted by atomic mass is 19.4. The van der Waals surface area contributed by atoms with Crippen LogP contribution in [0.4, 0.5) is 19.0 Å². The lowest BCUT2D eigenvalue weighted by atomic mass is 10.1. The molecule has 1 aliphatic heterocycles. The van der Waals surface area contributed by atoms with Crippen molar-refractivity contribution in [3.8, 4) is 0 Å². The zero-order chi connectivity index (χ0) is 19.7. The predicted octanol–water partition coefficient (Wildman–Crippen LogP) is 4.22. The molecule has 144 valence electrons. The summed E-state index contributed by atoms with van der Waals surface area (Å²) in [5, 5.41) is 1.05. The van der Waals surface area contributed by atoms with Gasteiger partial charge in [-0.3, -0.25) is 4.79 Å². The Morgan fingerprint density at radius 2 is 1.54 bits per heavy atom. The van der Waals surface area contributed by atoms with Gasteiger partial charge in [-0.05, 0) is 30.3 Å². The van der Waals surface area contributed by atoms with Gasteiger partial charge in [-0.2, -0.15) is 13.2 Å². The van der Waals surface area contributed by atoms with Crippen molar-refractivity contribution in [1.82, 2.24) is 9.88 Å². The first-order valence-electron chi connectivity index (χ1n) is 9.00. The van der Waals surface area contributed by atoms with E-state index in [0.29, 0.717) is 26.2 Å². The van der Waals surface area contributed by atoms with Gasteiger partial charge in [0, 0.05) is 31.6 Å². The first-order chi connectivity index (χ1) is 13.4.